The highest BCUT2D eigenvalue weighted by atomic mass is 16.1. The van der Waals surface area contributed by atoms with Crippen molar-refractivity contribution in [1.82, 2.24) is 14.5 Å². The second kappa shape index (κ2) is 10.1. The molecule has 0 aliphatic rings. The van der Waals surface area contributed by atoms with Crippen molar-refractivity contribution in [2.24, 2.45) is 0 Å². The molecule has 2 heterocycles. The minimum absolute atomic E-state index is 0.00416. The molecule has 0 aliphatic carbocycles. The van der Waals surface area contributed by atoms with Crippen molar-refractivity contribution >= 4 is 0 Å². The Hall–Kier alpha value is -4.04. The number of aromatic nitrogens is 3. The van der Waals surface area contributed by atoms with Crippen molar-refractivity contribution < 1.29 is 0 Å². The number of pyridine rings is 1. The zero-order valence-electron chi connectivity index (χ0n) is 19.0. The highest BCUT2D eigenvalue weighted by Crippen LogP contribution is 2.24. The van der Waals surface area contributed by atoms with Crippen molar-refractivity contribution in [3.8, 4) is 17.2 Å². The van der Waals surface area contributed by atoms with Crippen molar-refractivity contribution in [1.29, 1.82) is 5.26 Å². The Labute approximate surface area is 194 Å². The van der Waals surface area contributed by atoms with Crippen molar-refractivity contribution in [2.45, 2.75) is 39.7 Å². The van der Waals surface area contributed by atoms with Gasteiger partial charge >= 0.3 is 0 Å². The minimum atomic E-state index is -0.00416. The van der Waals surface area contributed by atoms with Gasteiger partial charge in [0.2, 0.25) is 0 Å². The second-order valence-corrected chi connectivity index (χ2v) is 8.08. The number of aryl methyl sites for hydroxylation is 2. The number of nitrogens with zero attached hydrogens (tertiary/aromatic N) is 4. The van der Waals surface area contributed by atoms with Gasteiger partial charge in [-0.2, -0.15) is 5.26 Å². The maximum atomic E-state index is 13.5. The summed E-state index contributed by atoms with van der Waals surface area (Å²) in [6, 6.07) is 23.6. The van der Waals surface area contributed by atoms with E-state index in [2.05, 4.69) is 18.0 Å². The molecule has 0 spiro atoms. The molecule has 0 saturated carbocycles. The lowest BCUT2D eigenvalue weighted by Crippen LogP contribution is -2.30. The fourth-order valence-corrected chi connectivity index (χ4v) is 4.06. The van der Waals surface area contributed by atoms with E-state index in [4.69, 9.17) is 4.98 Å². The van der Waals surface area contributed by atoms with Gasteiger partial charge in [0.15, 0.2) is 0 Å². The molecule has 33 heavy (non-hydrogen) atoms. The van der Waals surface area contributed by atoms with Crippen LogP contribution in [0.5, 0.6) is 0 Å². The van der Waals surface area contributed by atoms with Crippen LogP contribution in [0.25, 0.3) is 11.1 Å². The predicted octanol–water partition coefficient (Wildman–Crippen LogP) is 5.08. The van der Waals surface area contributed by atoms with Gasteiger partial charge in [0.25, 0.3) is 5.56 Å². The van der Waals surface area contributed by atoms with Gasteiger partial charge in [-0.05, 0) is 48.2 Å². The van der Waals surface area contributed by atoms with E-state index in [1.807, 2.05) is 73.7 Å². The molecule has 5 heteroatoms. The van der Waals surface area contributed by atoms with E-state index in [-0.39, 0.29) is 5.56 Å². The molecule has 0 amide bonds. The third-order valence-corrected chi connectivity index (χ3v) is 5.77. The number of nitriles is 1. The molecule has 0 radical (unpaired) electrons. The van der Waals surface area contributed by atoms with Gasteiger partial charge in [0.05, 0.1) is 29.6 Å². The topological polar surface area (TPSA) is 71.6 Å². The molecular weight excluding hydrogens is 408 g/mol. The van der Waals surface area contributed by atoms with E-state index in [0.29, 0.717) is 24.4 Å². The fraction of sp³-hybridized carbons (Fsp3) is 0.214. The number of hydrogen-bond acceptors (Lipinski definition) is 4. The molecule has 4 rings (SSSR count). The summed E-state index contributed by atoms with van der Waals surface area (Å²) in [6.07, 6.45) is 3.95. The Bertz CT molecular complexity index is 1350. The molecule has 4 aromatic rings. The molecule has 0 fully saturated rings. The average molecular weight is 435 g/mol. The lowest BCUT2D eigenvalue weighted by atomic mass is 9.97. The van der Waals surface area contributed by atoms with Crippen molar-refractivity contribution in [2.75, 3.05) is 0 Å². The van der Waals surface area contributed by atoms with Gasteiger partial charge in [-0.15, -0.1) is 0 Å². The number of benzene rings is 2. The summed E-state index contributed by atoms with van der Waals surface area (Å²) in [6.45, 7) is 4.39. The Balaban J connectivity index is 1.69. The summed E-state index contributed by atoms with van der Waals surface area (Å²) in [4.78, 5) is 22.7. The summed E-state index contributed by atoms with van der Waals surface area (Å²) in [5.41, 5.74) is 6.02. The van der Waals surface area contributed by atoms with Crippen LogP contribution in [0.1, 0.15) is 47.2 Å². The summed E-state index contributed by atoms with van der Waals surface area (Å²) in [5, 5.41) is 9.40. The summed E-state index contributed by atoms with van der Waals surface area (Å²) >= 11 is 0. The van der Waals surface area contributed by atoms with E-state index in [1.165, 1.54) is 0 Å². The zero-order chi connectivity index (χ0) is 23.2. The molecular formula is C28H26N4O. The molecule has 164 valence electrons. The molecule has 0 saturated heterocycles. The summed E-state index contributed by atoms with van der Waals surface area (Å²) in [7, 11) is 0. The van der Waals surface area contributed by atoms with Crippen LogP contribution in [-0.2, 0) is 19.4 Å². The highest BCUT2D eigenvalue weighted by Gasteiger charge is 2.16. The van der Waals surface area contributed by atoms with Gasteiger partial charge in [0, 0.05) is 18.2 Å². The van der Waals surface area contributed by atoms with Gasteiger partial charge in [-0.1, -0.05) is 61.9 Å². The average Bonchev–Trinajstić information content (AvgIpc) is 2.85. The molecule has 0 bridgehead atoms. The maximum Gasteiger partial charge on any atom is 0.257 e. The Morgan fingerprint density at radius 1 is 1.00 bits per heavy atom. The normalized spacial score (nSPS) is 10.7. The Kier molecular flexibility index (Phi) is 6.75. The van der Waals surface area contributed by atoms with Crippen LogP contribution in [0.2, 0.25) is 0 Å². The van der Waals surface area contributed by atoms with Crippen LogP contribution in [-0.4, -0.2) is 14.5 Å². The molecule has 5 nitrogen and oxygen atoms in total. The quantitative estimate of drug-likeness (QED) is 0.407. The van der Waals surface area contributed by atoms with E-state index in [9.17, 15) is 10.1 Å². The first kappa shape index (κ1) is 22.2. The SMILES string of the molecule is CCCc1nc(C)n(Cc2ccccn2)c(=O)c1Cc1ccc(-c2ccccc2C#N)cc1. The van der Waals surface area contributed by atoms with E-state index in [0.717, 1.165) is 46.5 Å². The minimum Gasteiger partial charge on any atom is -0.291 e. The number of rotatable bonds is 7. The van der Waals surface area contributed by atoms with Crippen molar-refractivity contribution in [3.63, 3.8) is 0 Å². The summed E-state index contributed by atoms with van der Waals surface area (Å²) in [5.74, 6) is 0.710. The van der Waals surface area contributed by atoms with E-state index < -0.39 is 0 Å². The first-order chi connectivity index (χ1) is 16.1. The molecule has 2 aromatic carbocycles. The van der Waals surface area contributed by atoms with Crippen LogP contribution in [0, 0.1) is 18.3 Å². The molecule has 0 N–H and O–H groups in total. The molecule has 0 atom stereocenters. The lowest BCUT2D eigenvalue weighted by Gasteiger charge is -2.15. The van der Waals surface area contributed by atoms with E-state index >= 15 is 0 Å². The molecule has 2 aromatic heterocycles. The second-order valence-electron chi connectivity index (χ2n) is 8.08. The monoisotopic (exact) mass is 434 g/mol. The van der Waals surface area contributed by atoms with Gasteiger partial charge in [-0.25, -0.2) is 4.98 Å². The lowest BCUT2D eigenvalue weighted by molar-refractivity contribution is 0.659. The van der Waals surface area contributed by atoms with Crippen LogP contribution in [0.4, 0.5) is 0 Å². The fourth-order valence-electron chi connectivity index (χ4n) is 4.06. The number of hydrogen-bond donors (Lipinski definition) is 0. The Morgan fingerprint density at radius 2 is 1.76 bits per heavy atom. The van der Waals surface area contributed by atoms with Crippen LogP contribution in [0.15, 0.2) is 77.7 Å². The largest absolute Gasteiger partial charge is 0.291 e. The van der Waals surface area contributed by atoms with Crippen LogP contribution < -0.4 is 5.56 Å². The summed E-state index contributed by atoms with van der Waals surface area (Å²) < 4.78 is 1.72. The van der Waals surface area contributed by atoms with Crippen molar-refractivity contribution in [3.05, 3.63) is 117 Å². The van der Waals surface area contributed by atoms with Gasteiger partial charge in [0.1, 0.15) is 5.82 Å². The zero-order valence-corrected chi connectivity index (χ0v) is 19.0. The smallest absolute Gasteiger partial charge is 0.257 e. The van der Waals surface area contributed by atoms with E-state index in [1.54, 1.807) is 10.8 Å². The van der Waals surface area contributed by atoms with Gasteiger partial charge in [-0.3, -0.25) is 14.3 Å². The third-order valence-electron chi connectivity index (χ3n) is 5.77. The first-order valence-corrected chi connectivity index (χ1v) is 11.2. The standard InChI is InChI=1S/C28H26N4O/c1-3-8-27-26(28(33)32(20(2)31-27)19-24-10-6-7-16-30-24)17-21-12-14-22(15-13-21)25-11-5-4-9-23(25)18-29/h4-7,9-16H,3,8,17,19H2,1-2H3. The predicted molar refractivity (Wildman–Crippen MR) is 130 cm³/mol. The Morgan fingerprint density at radius 3 is 2.45 bits per heavy atom. The maximum absolute atomic E-state index is 13.5. The highest BCUT2D eigenvalue weighted by molar-refractivity contribution is 5.70. The third kappa shape index (κ3) is 4.91. The molecule has 0 aliphatic heterocycles. The van der Waals surface area contributed by atoms with Crippen LogP contribution in [0.3, 0.4) is 0 Å². The first-order valence-electron chi connectivity index (χ1n) is 11.2. The molecule has 0 unspecified atom stereocenters. The van der Waals surface area contributed by atoms with Crippen LogP contribution >= 0.6 is 0 Å². The van der Waals surface area contributed by atoms with Gasteiger partial charge < -0.3 is 0 Å².